The van der Waals surface area contributed by atoms with Crippen LogP contribution in [0.4, 0.5) is 0 Å². The van der Waals surface area contributed by atoms with Gasteiger partial charge in [0.25, 0.3) is 0 Å². The molecule has 1 N–H and O–H groups in total. The van der Waals surface area contributed by atoms with Crippen LogP contribution >= 0.6 is 0 Å². The number of aromatic hydroxyl groups is 1. The number of phenolic OH excluding ortho intramolecular Hbond substituents is 1. The van der Waals surface area contributed by atoms with Gasteiger partial charge in [-0.25, -0.2) is 8.42 Å². The van der Waals surface area contributed by atoms with Gasteiger partial charge in [-0.3, -0.25) is 0 Å². The number of hydrogen-bond acceptors (Lipinski definition) is 3. The Labute approximate surface area is 180 Å². The Morgan fingerprint density at radius 1 is 0.633 bits per heavy atom. The summed E-state index contributed by atoms with van der Waals surface area (Å²) in [5.41, 5.74) is 3.19. The van der Waals surface area contributed by atoms with Gasteiger partial charge >= 0.3 is 0 Å². The first-order chi connectivity index (χ1) is 13.8. The summed E-state index contributed by atoms with van der Waals surface area (Å²) in [6, 6.07) is 19.4. The van der Waals surface area contributed by atoms with Crippen molar-refractivity contribution in [2.75, 3.05) is 0 Å². The first-order valence-electron chi connectivity index (χ1n) is 10.1. The van der Waals surface area contributed by atoms with E-state index in [2.05, 4.69) is 41.5 Å². The highest BCUT2D eigenvalue weighted by Crippen LogP contribution is 2.42. The molecule has 3 nitrogen and oxygen atoms in total. The minimum atomic E-state index is -3.55. The van der Waals surface area contributed by atoms with Gasteiger partial charge in [-0.05, 0) is 58.4 Å². The van der Waals surface area contributed by atoms with Crippen molar-refractivity contribution in [1.82, 2.24) is 0 Å². The number of rotatable bonds is 3. The average Bonchev–Trinajstić information content (AvgIpc) is 2.67. The maximum absolute atomic E-state index is 12.9. The van der Waals surface area contributed by atoms with Gasteiger partial charge in [-0.2, -0.15) is 0 Å². The second-order valence-electron chi connectivity index (χ2n) is 9.76. The molecule has 0 unspecified atom stereocenters. The number of sulfone groups is 1. The smallest absolute Gasteiger partial charge is 0.206 e. The highest BCUT2D eigenvalue weighted by atomic mass is 32.2. The Hall–Kier alpha value is -2.59. The molecule has 0 aliphatic rings. The molecule has 0 amide bonds. The van der Waals surface area contributed by atoms with Crippen molar-refractivity contribution >= 4 is 9.84 Å². The van der Waals surface area contributed by atoms with Crippen molar-refractivity contribution in [2.45, 2.75) is 62.2 Å². The predicted octanol–water partition coefficient (Wildman–Crippen LogP) is 6.49. The molecule has 0 saturated carbocycles. The van der Waals surface area contributed by atoms with Gasteiger partial charge in [-0.15, -0.1) is 0 Å². The van der Waals surface area contributed by atoms with Crippen molar-refractivity contribution in [3.63, 3.8) is 0 Å². The van der Waals surface area contributed by atoms with Gasteiger partial charge in [-0.1, -0.05) is 71.9 Å². The molecule has 4 heteroatoms. The molecular weight excluding hydrogens is 392 g/mol. The fraction of sp³-hybridized carbons (Fsp3) is 0.308. The summed E-state index contributed by atoms with van der Waals surface area (Å²) < 4.78 is 25.7. The molecule has 0 radical (unpaired) electrons. The van der Waals surface area contributed by atoms with Crippen LogP contribution in [-0.4, -0.2) is 13.5 Å². The van der Waals surface area contributed by atoms with Crippen LogP contribution in [0.1, 0.15) is 52.7 Å². The fourth-order valence-electron chi connectivity index (χ4n) is 3.51. The lowest BCUT2D eigenvalue weighted by Crippen LogP contribution is -2.17. The molecule has 3 aromatic carbocycles. The van der Waals surface area contributed by atoms with E-state index < -0.39 is 9.84 Å². The Morgan fingerprint density at radius 3 is 1.50 bits per heavy atom. The Morgan fingerprint density at radius 2 is 1.07 bits per heavy atom. The third-order valence-electron chi connectivity index (χ3n) is 5.28. The molecule has 0 saturated heterocycles. The first-order valence-corrected chi connectivity index (χ1v) is 11.6. The van der Waals surface area contributed by atoms with Crippen molar-refractivity contribution in [1.29, 1.82) is 0 Å². The lowest BCUT2D eigenvalue weighted by Gasteiger charge is -2.28. The molecule has 0 heterocycles. The largest absolute Gasteiger partial charge is 0.507 e. The SMILES string of the molecule is CC(C)(C)c1cc(-c2ccc(S(=O)(=O)c3ccccc3)cc2)cc(C(C)(C)C)c1O. The molecule has 0 atom stereocenters. The van der Waals surface area contributed by atoms with E-state index in [0.717, 1.165) is 22.3 Å². The predicted molar refractivity (Wildman–Crippen MR) is 123 cm³/mol. The van der Waals surface area contributed by atoms with Crippen LogP contribution < -0.4 is 0 Å². The standard InChI is InChI=1S/C26H30O3S/c1-25(2,3)22-16-19(17-23(24(22)27)26(4,5)6)18-12-14-21(15-13-18)30(28,29)20-10-8-7-9-11-20/h7-17,27H,1-6H3. The minimum absolute atomic E-state index is 0.226. The number of hydrogen-bond donors (Lipinski definition) is 1. The van der Waals surface area contributed by atoms with Gasteiger partial charge in [0, 0.05) is 11.1 Å². The van der Waals surface area contributed by atoms with E-state index in [1.807, 2.05) is 24.3 Å². The molecular formula is C26H30O3S. The maximum Gasteiger partial charge on any atom is 0.206 e. The van der Waals surface area contributed by atoms with Gasteiger partial charge in [0.05, 0.1) is 9.79 Å². The highest BCUT2D eigenvalue weighted by molar-refractivity contribution is 7.91. The van der Waals surface area contributed by atoms with Crippen molar-refractivity contribution < 1.29 is 13.5 Å². The van der Waals surface area contributed by atoms with E-state index in [1.165, 1.54) is 0 Å². The average molecular weight is 423 g/mol. The third kappa shape index (κ3) is 4.29. The van der Waals surface area contributed by atoms with E-state index >= 15 is 0 Å². The first kappa shape index (κ1) is 22.1. The second kappa shape index (κ2) is 7.59. The summed E-state index contributed by atoms with van der Waals surface area (Å²) in [5.74, 6) is 0.335. The summed E-state index contributed by atoms with van der Waals surface area (Å²) in [5, 5.41) is 10.9. The van der Waals surface area contributed by atoms with Crippen molar-refractivity contribution in [3.05, 3.63) is 77.9 Å². The molecule has 0 aliphatic carbocycles. The van der Waals surface area contributed by atoms with Crippen LogP contribution in [0.25, 0.3) is 11.1 Å². The zero-order chi connectivity index (χ0) is 22.3. The van der Waals surface area contributed by atoms with Crippen LogP contribution in [0, 0.1) is 0 Å². The molecule has 0 bridgehead atoms. The van der Waals surface area contributed by atoms with Gasteiger partial charge in [0.2, 0.25) is 9.84 Å². The summed E-state index contributed by atoms with van der Waals surface area (Å²) in [4.78, 5) is 0.552. The van der Waals surface area contributed by atoms with Crippen LogP contribution in [0.5, 0.6) is 5.75 Å². The number of benzene rings is 3. The topological polar surface area (TPSA) is 54.4 Å². The lowest BCUT2D eigenvalue weighted by molar-refractivity contribution is 0.423. The molecule has 30 heavy (non-hydrogen) atoms. The van der Waals surface area contributed by atoms with Crippen molar-refractivity contribution in [2.24, 2.45) is 0 Å². The molecule has 0 aliphatic heterocycles. The Bertz CT molecular complexity index is 1110. The lowest BCUT2D eigenvalue weighted by atomic mass is 9.78. The van der Waals surface area contributed by atoms with E-state index in [0.29, 0.717) is 5.75 Å². The molecule has 3 aromatic rings. The van der Waals surface area contributed by atoms with E-state index in [4.69, 9.17) is 0 Å². The van der Waals surface area contributed by atoms with Crippen LogP contribution in [0.15, 0.2) is 76.5 Å². The zero-order valence-electron chi connectivity index (χ0n) is 18.5. The van der Waals surface area contributed by atoms with Crippen LogP contribution in [-0.2, 0) is 20.7 Å². The zero-order valence-corrected chi connectivity index (χ0v) is 19.3. The highest BCUT2D eigenvalue weighted by Gasteiger charge is 2.27. The van der Waals surface area contributed by atoms with Crippen LogP contribution in [0.2, 0.25) is 0 Å². The normalized spacial score (nSPS) is 12.7. The molecule has 0 aromatic heterocycles. The maximum atomic E-state index is 12.9. The van der Waals surface area contributed by atoms with Gasteiger partial charge in [0.15, 0.2) is 0 Å². The van der Waals surface area contributed by atoms with E-state index in [9.17, 15) is 13.5 Å². The Kier molecular flexibility index (Phi) is 5.59. The van der Waals surface area contributed by atoms with Gasteiger partial charge in [0.1, 0.15) is 5.75 Å². The van der Waals surface area contributed by atoms with Crippen molar-refractivity contribution in [3.8, 4) is 16.9 Å². The summed E-state index contributed by atoms with van der Waals surface area (Å²) in [7, 11) is -3.55. The molecule has 0 spiro atoms. The minimum Gasteiger partial charge on any atom is -0.507 e. The van der Waals surface area contributed by atoms with E-state index in [-0.39, 0.29) is 20.6 Å². The Balaban J connectivity index is 2.11. The quantitative estimate of drug-likeness (QED) is 0.525. The molecule has 0 fully saturated rings. The second-order valence-corrected chi connectivity index (χ2v) is 11.7. The molecule has 158 valence electrons. The summed E-state index contributed by atoms with van der Waals surface area (Å²) in [6.07, 6.45) is 0. The monoisotopic (exact) mass is 422 g/mol. The summed E-state index contributed by atoms with van der Waals surface area (Å²) >= 11 is 0. The third-order valence-corrected chi connectivity index (χ3v) is 7.06. The molecule has 3 rings (SSSR count). The number of phenols is 1. The van der Waals surface area contributed by atoms with Crippen LogP contribution in [0.3, 0.4) is 0 Å². The summed E-state index contributed by atoms with van der Waals surface area (Å²) in [6.45, 7) is 12.5. The van der Waals surface area contributed by atoms with E-state index in [1.54, 1.807) is 42.5 Å². The van der Waals surface area contributed by atoms with Gasteiger partial charge < -0.3 is 5.11 Å². The fourth-order valence-corrected chi connectivity index (χ4v) is 4.79.